The van der Waals surface area contributed by atoms with Crippen molar-refractivity contribution in [2.75, 3.05) is 4.90 Å². The van der Waals surface area contributed by atoms with Gasteiger partial charge in [-0.05, 0) is 87.0 Å². The molecule has 0 radical (unpaired) electrons. The lowest BCUT2D eigenvalue weighted by atomic mass is 10.0. The molecule has 63 heavy (non-hydrogen) atoms. The van der Waals surface area contributed by atoms with Gasteiger partial charge in [0.2, 0.25) is 0 Å². The Hall–Kier alpha value is -7.57. The molecular formula is C60H43NSi2. The van der Waals surface area contributed by atoms with Crippen molar-refractivity contribution in [2.24, 2.45) is 0 Å². The summed E-state index contributed by atoms with van der Waals surface area (Å²) in [5.74, 6) is 0. The van der Waals surface area contributed by atoms with Gasteiger partial charge in [-0.2, -0.15) is 0 Å². The molecule has 0 fully saturated rings. The average Bonchev–Trinajstić information content (AvgIpc) is 3.38. The van der Waals surface area contributed by atoms with Crippen molar-refractivity contribution in [1.82, 2.24) is 0 Å². The van der Waals surface area contributed by atoms with Crippen LogP contribution in [-0.4, -0.2) is 16.1 Å². The highest BCUT2D eigenvalue weighted by atomic mass is 28.3. The molecule has 0 aliphatic carbocycles. The largest absolute Gasteiger partial charge is 0.311 e. The van der Waals surface area contributed by atoms with E-state index in [4.69, 9.17) is 0 Å². The van der Waals surface area contributed by atoms with Crippen LogP contribution in [0.5, 0.6) is 0 Å². The van der Waals surface area contributed by atoms with Crippen molar-refractivity contribution < 1.29 is 0 Å². The minimum atomic E-state index is -3.13. The second kappa shape index (κ2) is 15.1. The quantitative estimate of drug-likeness (QED) is 0.145. The number of hydrogen-bond acceptors (Lipinski definition) is 1. The first-order valence-electron chi connectivity index (χ1n) is 21.9. The van der Waals surface area contributed by atoms with Gasteiger partial charge in [0.15, 0.2) is 16.1 Å². The van der Waals surface area contributed by atoms with Gasteiger partial charge in [-0.1, -0.05) is 249 Å². The van der Waals surface area contributed by atoms with E-state index in [1.54, 1.807) is 0 Å². The fourth-order valence-corrected chi connectivity index (χ4v) is 21.4. The van der Waals surface area contributed by atoms with Crippen LogP contribution in [-0.2, 0) is 0 Å². The van der Waals surface area contributed by atoms with E-state index in [1.807, 2.05) is 0 Å². The van der Waals surface area contributed by atoms with Crippen LogP contribution in [0.25, 0.3) is 33.4 Å². The van der Waals surface area contributed by atoms with Crippen LogP contribution >= 0.6 is 0 Å². The van der Waals surface area contributed by atoms with Crippen molar-refractivity contribution in [1.29, 1.82) is 0 Å². The van der Waals surface area contributed by atoms with Crippen LogP contribution in [0.3, 0.4) is 0 Å². The molecule has 2 heterocycles. The fourth-order valence-electron chi connectivity index (χ4n) is 10.9. The van der Waals surface area contributed by atoms with Crippen LogP contribution in [0, 0.1) is 0 Å². The topological polar surface area (TPSA) is 3.24 Å². The van der Waals surface area contributed by atoms with Gasteiger partial charge in [-0.25, -0.2) is 0 Å². The van der Waals surface area contributed by atoms with Crippen molar-refractivity contribution in [3.05, 3.63) is 261 Å². The second-order valence-electron chi connectivity index (χ2n) is 16.8. The van der Waals surface area contributed by atoms with E-state index in [0.29, 0.717) is 0 Å². The van der Waals surface area contributed by atoms with Gasteiger partial charge in [0.1, 0.15) is 0 Å². The van der Waals surface area contributed by atoms with E-state index >= 15 is 0 Å². The molecular weight excluding hydrogens is 791 g/mol. The van der Waals surface area contributed by atoms with Gasteiger partial charge in [0.25, 0.3) is 0 Å². The number of fused-ring (bicyclic) bond motifs is 4. The molecule has 0 amide bonds. The Bertz CT molecular complexity index is 2970. The maximum absolute atomic E-state index is 3.13. The molecule has 296 valence electrons. The summed E-state index contributed by atoms with van der Waals surface area (Å²) in [6.07, 6.45) is 0. The maximum atomic E-state index is 2.68. The van der Waals surface area contributed by atoms with Crippen LogP contribution in [0.15, 0.2) is 261 Å². The molecule has 0 aromatic heterocycles. The fraction of sp³-hybridized carbons (Fsp3) is 0. The third-order valence-corrected chi connectivity index (χ3v) is 23.2. The highest BCUT2D eigenvalue weighted by Gasteiger charge is 2.56. The number of benzene rings is 10. The lowest BCUT2D eigenvalue weighted by Gasteiger charge is -2.52. The molecule has 0 atom stereocenters. The van der Waals surface area contributed by atoms with Crippen molar-refractivity contribution in [3.63, 3.8) is 0 Å². The molecule has 0 unspecified atom stereocenters. The monoisotopic (exact) mass is 833 g/mol. The molecule has 10 aromatic carbocycles. The van der Waals surface area contributed by atoms with Gasteiger partial charge >= 0.3 is 0 Å². The van der Waals surface area contributed by atoms with E-state index in [-0.39, 0.29) is 0 Å². The van der Waals surface area contributed by atoms with Gasteiger partial charge in [0, 0.05) is 17.1 Å². The Kier molecular flexibility index (Phi) is 8.92. The maximum Gasteiger partial charge on any atom is 0.184 e. The van der Waals surface area contributed by atoms with Crippen LogP contribution < -0.4 is 46.4 Å². The summed E-state index contributed by atoms with van der Waals surface area (Å²) in [6, 6.07) is 98.9. The van der Waals surface area contributed by atoms with Gasteiger partial charge in [-0.15, -0.1) is 0 Å². The Morgan fingerprint density at radius 1 is 0.222 bits per heavy atom. The smallest absolute Gasteiger partial charge is 0.184 e. The lowest BCUT2D eigenvalue weighted by Crippen LogP contribution is -2.82. The summed E-state index contributed by atoms with van der Waals surface area (Å²) >= 11 is 0. The first-order chi connectivity index (χ1) is 31.3. The minimum Gasteiger partial charge on any atom is -0.311 e. The normalized spacial score (nSPS) is 13.9. The molecule has 10 aromatic rings. The predicted octanol–water partition coefficient (Wildman–Crippen LogP) is 9.54. The third kappa shape index (κ3) is 5.67. The average molecular weight is 834 g/mol. The Morgan fingerprint density at radius 3 is 0.810 bits per heavy atom. The van der Waals surface area contributed by atoms with Crippen LogP contribution in [0.4, 0.5) is 17.1 Å². The number of anilines is 3. The Labute approximate surface area is 371 Å². The Balaban J connectivity index is 1.33. The Morgan fingerprint density at radius 2 is 0.492 bits per heavy atom. The zero-order chi connectivity index (χ0) is 41.8. The highest BCUT2D eigenvalue weighted by molar-refractivity contribution is 7.24. The van der Waals surface area contributed by atoms with Crippen LogP contribution in [0.1, 0.15) is 0 Å². The third-order valence-electron chi connectivity index (χ3n) is 13.6. The molecule has 0 N–H and O–H groups in total. The molecule has 12 rings (SSSR count). The van der Waals surface area contributed by atoms with E-state index in [0.717, 1.165) is 0 Å². The van der Waals surface area contributed by atoms with Crippen molar-refractivity contribution >= 4 is 74.7 Å². The van der Waals surface area contributed by atoms with E-state index in [2.05, 4.69) is 266 Å². The molecule has 1 nitrogen and oxygen atoms in total. The predicted molar refractivity (Wildman–Crippen MR) is 272 cm³/mol. The molecule has 0 saturated heterocycles. The van der Waals surface area contributed by atoms with Gasteiger partial charge in [-0.3, -0.25) is 0 Å². The van der Waals surface area contributed by atoms with Gasteiger partial charge < -0.3 is 4.90 Å². The van der Waals surface area contributed by atoms with Crippen molar-refractivity contribution in [2.45, 2.75) is 0 Å². The standard InChI is InChI=1S/C60H43NSi2/c1-8-22-44(23-9-1)47-36-38-54-56(40-47)62(50-28-14-4-15-29-50,51-30-16-5-17-31-51)58-42-49(46-26-12-3-13-27-46)43-59-60(58)61(54)55-39-37-48(45-24-10-2-11-25-45)41-57(55)63(59,52-32-18-6-19-33-52)53-34-20-7-21-35-53/h1-43H. The summed E-state index contributed by atoms with van der Waals surface area (Å²) in [6.45, 7) is 0. The SMILES string of the molecule is c1ccc(-c2ccc3c(c2)[Si](c2ccccc2)(c2ccccc2)c2cc(-c4ccccc4)cc4c2N3c2ccc(-c3ccccc3)cc2[Si]4(c2ccccc2)c2ccccc2)cc1. The first-order valence-corrected chi connectivity index (χ1v) is 25.9. The molecule has 2 aliphatic rings. The summed E-state index contributed by atoms with van der Waals surface area (Å²) in [5, 5.41) is 11.2. The molecule has 0 bridgehead atoms. The van der Waals surface area contributed by atoms with E-state index in [1.165, 1.54) is 91.9 Å². The molecule has 0 saturated carbocycles. The van der Waals surface area contributed by atoms with E-state index in [9.17, 15) is 0 Å². The zero-order valence-corrected chi connectivity index (χ0v) is 36.8. The number of hydrogen-bond donors (Lipinski definition) is 0. The van der Waals surface area contributed by atoms with E-state index < -0.39 is 16.1 Å². The van der Waals surface area contributed by atoms with Crippen molar-refractivity contribution in [3.8, 4) is 33.4 Å². The summed E-state index contributed by atoms with van der Waals surface area (Å²) in [5.41, 5.74) is 11.2. The molecule has 2 aliphatic heterocycles. The zero-order valence-electron chi connectivity index (χ0n) is 34.8. The number of nitrogens with zero attached hydrogens (tertiary/aromatic N) is 1. The van der Waals surface area contributed by atoms with Gasteiger partial charge in [0.05, 0.1) is 0 Å². The lowest BCUT2D eigenvalue weighted by molar-refractivity contribution is 1.29. The number of rotatable bonds is 7. The summed E-state index contributed by atoms with van der Waals surface area (Å²) in [4.78, 5) is 2.68. The minimum absolute atomic E-state index is 1.22. The first kappa shape index (κ1) is 37.2. The summed E-state index contributed by atoms with van der Waals surface area (Å²) < 4.78 is 0. The summed E-state index contributed by atoms with van der Waals surface area (Å²) in [7, 11) is -6.26. The molecule has 3 heteroatoms. The second-order valence-corrected chi connectivity index (χ2v) is 24.2. The molecule has 0 spiro atoms. The highest BCUT2D eigenvalue weighted by Crippen LogP contribution is 2.44. The van der Waals surface area contributed by atoms with Crippen LogP contribution in [0.2, 0.25) is 0 Å².